The van der Waals surface area contributed by atoms with E-state index in [4.69, 9.17) is 0 Å². The number of anilines is 2. The molecule has 2 heterocycles. The summed E-state index contributed by atoms with van der Waals surface area (Å²) in [6.45, 7) is 0.112. The second-order valence-electron chi connectivity index (χ2n) is 4.57. The summed E-state index contributed by atoms with van der Waals surface area (Å²) in [6, 6.07) is 0.330. The van der Waals surface area contributed by atoms with Crippen molar-refractivity contribution in [3.8, 4) is 5.95 Å². The molecule has 1 amide bonds. The third kappa shape index (κ3) is 3.41. The fourth-order valence-corrected chi connectivity index (χ4v) is 1.64. The summed E-state index contributed by atoms with van der Waals surface area (Å²) in [5, 5.41) is 12.6. The Bertz CT molecular complexity index is 623. The minimum atomic E-state index is -0.0776. The first-order valence-electron chi connectivity index (χ1n) is 6.56. The maximum atomic E-state index is 11.6. The van der Waals surface area contributed by atoms with Gasteiger partial charge in [0, 0.05) is 13.1 Å². The molecular formula is C11H15N9O. The fourth-order valence-electron chi connectivity index (χ4n) is 1.64. The molecular weight excluding hydrogens is 274 g/mol. The van der Waals surface area contributed by atoms with Gasteiger partial charge in [0.25, 0.3) is 5.95 Å². The largest absolute Gasteiger partial charge is 0.357 e. The normalized spacial score (nSPS) is 13.8. The van der Waals surface area contributed by atoms with Crippen molar-refractivity contribution >= 4 is 17.8 Å². The molecule has 0 bridgehead atoms. The molecule has 10 heteroatoms. The summed E-state index contributed by atoms with van der Waals surface area (Å²) in [6.07, 6.45) is 4.98. The molecule has 3 rings (SSSR count). The summed E-state index contributed by atoms with van der Waals surface area (Å²) < 4.78 is 1.41. The van der Waals surface area contributed by atoms with Crippen molar-refractivity contribution in [2.45, 2.75) is 18.9 Å². The van der Waals surface area contributed by atoms with Gasteiger partial charge >= 0.3 is 0 Å². The van der Waals surface area contributed by atoms with Crippen LogP contribution in [0.2, 0.25) is 0 Å². The van der Waals surface area contributed by atoms with E-state index in [1.165, 1.54) is 17.3 Å². The van der Waals surface area contributed by atoms with Crippen LogP contribution in [0, 0.1) is 0 Å². The molecule has 0 saturated heterocycles. The zero-order valence-corrected chi connectivity index (χ0v) is 11.4. The van der Waals surface area contributed by atoms with Gasteiger partial charge in [-0.25, -0.2) is 4.98 Å². The zero-order chi connectivity index (χ0) is 14.7. The van der Waals surface area contributed by atoms with Crippen LogP contribution in [0.15, 0.2) is 12.7 Å². The predicted molar refractivity (Wildman–Crippen MR) is 73.9 cm³/mol. The molecule has 1 saturated carbocycles. The number of hydrogen-bond acceptors (Lipinski definition) is 8. The molecule has 3 N–H and O–H groups in total. The molecule has 0 aliphatic heterocycles. The SMILES string of the molecule is CNc1nc(NCC(=O)NC2CC2)nc(-n2cncn2)n1. The van der Waals surface area contributed by atoms with Gasteiger partial charge in [-0.2, -0.15) is 24.7 Å². The van der Waals surface area contributed by atoms with Crippen molar-refractivity contribution in [2.24, 2.45) is 0 Å². The predicted octanol–water partition coefficient (Wildman–Crippen LogP) is -0.816. The minimum absolute atomic E-state index is 0.0776. The Morgan fingerprint density at radius 1 is 1.33 bits per heavy atom. The summed E-state index contributed by atoms with van der Waals surface area (Å²) in [7, 11) is 1.70. The van der Waals surface area contributed by atoms with E-state index < -0.39 is 0 Å². The third-order valence-corrected chi connectivity index (χ3v) is 2.82. The van der Waals surface area contributed by atoms with E-state index in [0.29, 0.717) is 23.9 Å². The Morgan fingerprint density at radius 3 is 2.81 bits per heavy atom. The maximum Gasteiger partial charge on any atom is 0.258 e. The molecule has 1 fully saturated rings. The molecule has 1 aliphatic rings. The van der Waals surface area contributed by atoms with Crippen molar-refractivity contribution in [3.05, 3.63) is 12.7 Å². The lowest BCUT2D eigenvalue weighted by atomic mass is 10.5. The van der Waals surface area contributed by atoms with Crippen molar-refractivity contribution in [1.29, 1.82) is 0 Å². The first-order valence-corrected chi connectivity index (χ1v) is 6.56. The summed E-state index contributed by atoms with van der Waals surface area (Å²) in [5.41, 5.74) is 0. The topological polar surface area (TPSA) is 123 Å². The van der Waals surface area contributed by atoms with Crippen molar-refractivity contribution in [1.82, 2.24) is 35.0 Å². The van der Waals surface area contributed by atoms with E-state index in [2.05, 4.69) is 41.0 Å². The van der Waals surface area contributed by atoms with Crippen LogP contribution in [0.3, 0.4) is 0 Å². The highest BCUT2D eigenvalue weighted by Gasteiger charge is 2.23. The van der Waals surface area contributed by atoms with Gasteiger partial charge in [-0.1, -0.05) is 0 Å². The van der Waals surface area contributed by atoms with Crippen LogP contribution in [-0.4, -0.2) is 55.3 Å². The van der Waals surface area contributed by atoms with E-state index >= 15 is 0 Å². The van der Waals surface area contributed by atoms with Gasteiger partial charge in [-0.3, -0.25) is 4.79 Å². The fraction of sp³-hybridized carbons (Fsp3) is 0.455. The van der Waals surface area contributed by atoms with Gasteiger partial charge in [0.15, 0.2) is 0 Å². The molecule has 0 aromatic carbocycles. The molecule has 110 valence electrons. The molecule has 1 aliphatic carbocycles. The average Bonchev–Trinajstić information content (AvgIpc) is 3.14. The number of nitrogens with one attached hydrogen (secondary N) is 3. The van der Waals surface area contributed by atoms with E-state index in [-0.39, 0.29) is 12.5 Å². The number of aromatic nitrogens is 6. The first-order chi connectivity index (χ1) is 10.2. The molecule has 0 radical (unpaired) electrons. The smallest absolute Gasteiger partial charge is 0.258 e. The lowest BCUT2D eigenvalue weighted by molar-refractivity contribution is -0.119. The van der Waals surface area contributed by atoms with Gasteiger partial charge in [0.2, 0.25) is 17.8 Å². The molecule has 10 nitrogen and oxygen atoms in total. The highest BCUT2D eigenvalue weighted by molar-refractivity contribution is 5.80. The summed E-state index contributed by atoms with van der Waals surface area (Å²) >= 11 is 0. The van der Waals surface area contributed by atoms with Gasteiger partial charge in [0.1, 0.15) is 12.7 Å². The second kappa shape index (κ2) is 5.69. The highest BCUT2D eigenvalue weighted by atomic mass is 16.2. The molecule has 0 spiro atoms. The Labute approximate surface area is 120 Å². The summed E-state index contributed by atoms with van der Waals surface area (Å²) in [4.78, 5) is 28.0. The lowest BCUT2D eigenvalue weighted by Crippen LogP contribution is -2.31. The van der Waals surface area contributed by atoms with Crippen LogP contribution >= 0.6 is 0 Å². The molecule has 21 heavy (non-hydrogen) atoms. The van der Waals surface area contributed by atoms with Crippen molar-refractivity contribution in [3.63, 3.8) is 0 Å². The minimum Gasteiger partial charge on any atom is -0.357 e. The van der Waals surface area contributed by atoms with Gasteiger partial charge in [-0.15, -0.1) is 0 Å². The Morgan fingerprint density at radius 2 is 2.14 bits per heavy atom. The Hall–Kier alpha value is -2.78. The van der Waals surface area contributed by atoms with Crippen LogP contribution in [0.1, 0.15) is 12.8 Å². The number of nitrogens with zero attached hydrogens (tertiary/aromatic N) is 6. The van der Waals surface area contributed by atoms with Gasteiger partial charge in [0.05, 0.1) is 6.54 Å². The average molecular weight is 289 g/mol. The van der Waals surface area contributed by atoms with E-state index in [1.807, 2.05) is 0 Å². The van der Waals surface area contributed by atoms with E-state index in [0.717, 1.165) is 12.8 Å². The van der Waals surface area contributed by atoms with Crippen molar-refractivity contribution in [2.75, 3.05) is 24.2 Å². The quantitative estimate of drug-likeness (QED) is 0.630. The highest BCUT2D eigenvalue weighted by Crippen LogP contribution is 2.18. The first kappa shape index (κ1) is 13.2. The van der Waals surface area contributed by atoms with Crippen LogP contribution in [0.4, 0.5) is 11.9 Å². The third-order valence-electron chi connectivity index (χ3n) is 2.82. The molecule has 2 aromatic heterocycles. The Kier molecular flexibility index (Phi) is 3.58. The zero-order valence-electron chi connectivity index (χ0n) is 11.4. The number of carbonyl (C=O) groups is 1. The van der Waals surface area contributed by atoms with Crippen LogP contribution < -0.4 is 16.0 Å². The molecule has 0 atom stereocenters. The maximum absolute atomic E-state index is 11.6. The molecule has 0 unspecified atom stereocenters. The summed E-state index contributed by atoms with van der Waals surface area (Å²) in [5.74, 6) is 0.912. The van der Waals surface area contributed by atoms with E-state index in [9.17, 15) is 4.79 Å². The van der Waals surface area contributed by atoms with Gasteiger partial charge in [-0.05, 0) is 12.8 Å². The number of rotatable bonds is 6. The van der Waals surface area contributed by atoms with Gasteiger partial charge < -0.3 is 16.0 Å². The van der Waals surface area contributed by atoms with Crippen LogP contribution in [0.5, 0.6) is 0 Å². The number of carbonyl (C=O) groups excluding carboxylic acids is 1. The van der Waals surface area contributed by atoms with Crippen molar-refractivity contribution < 1.29 is 4.79 Å². The van der Waals surface area contributed by atoms with E-state index in [1.54, 1.807) is 7.05 Å². The Balaban J connectivity index is 1.71. The molecule has 2 aromatic rings. The lowest BCUT2D eigenvalue weighted by Gasteiger charge is -2.08. The number of hydrogen-bond donors (Lipinski definition) is 3. The standard InChI is InChI=1S/C11H15N9O/c1-12-9-17-10(14-4-8(21)16-7-2-3-7)19-11(18-9)20-6-13-5-15-20/h5-7H,2-4H2,1H3,(H,16,21)(H2,12,14,17,18,19). The number of amides is 1. The second-order valence-corrected chi connectivity index (χ2v) is 4.57. The van der Waals surface area contributed by atoms with Crippen LogP contribution in [0.25, 0.3) is 5.95 Å². The monoisotopic (exact) mass is 289 g/mol. The van der Waals surface area contributed by atoms with Crippen LogP contribution in [-0.2, 0) is 4.79 Å².